The summed E-state index contributed by atoms with van der Waals surface area (Å²) in [5.41, 5.74) is 1.88. The van der Waals surface area contributed by atoms with Gasteiger partial charge in [0, 0.05) is 6.08 Å². The van der Waals surface area contributed by atoms with Gasteiger partial charge in [0.15, 0.2) is 23.2 Å². The molecule has 1 amide bonds. The Morgan fingerprint density at radius 1 is 1.17 bits per heavy atom. The van der Waals surface area contributed by atoms with E-state index in [9.17, 15) is 4.79 Å². The van der Waals surface area contributed by atoms with Crippen LogP contribution >= 0.6 is 0 Å². The molecule has 0 aliphatic carbocycles. The van der Waals surface area contributed by atoms with Gasteiger partial charge in [-0.15, -0.1) is 5.06 Å². The summed E-state index contributed by atoms with van der Waals surface area (Å²) < 4.78 is 16.5. The van der Waals surface area contributed by atoms with Crippen molar-refractivity contribution in [2.75, 3.05) is 6.79 Å². The number of rotatable bonds is 4. The number of ether oxygens (including phenoxy) is 3. The maximum atomic E-state index is 12.3. The lowest BCUT2D eigenvalue weighted by Gasteiger charge is -2.22. The monoisotopic (exact) mass is 403 g/mol. The van der Waals surface area contributed by atoms with Crippen molar-refractivity contribution < 1.29 is 23.8 Å². The summed E-state index contributed by atoms with van der Waals surface area (Å²) in [6.07, 6.45) is 3.24. The van der Waals surface area contributed by atoms with Gasteiger partial charge >= 0.3 is 0 Å². The Labute approximate surface area is 172 Å². The highest BCUT2D eigenvalue weighted by Gasteiger charge is 2.34. The highest BCUT2D eigenvalue weighted by molar-refractivity contribution is 6.32. The molecule has 0 spiro atoms. The van der Waals surface area contributed by atoms with Gasteiger partial charge in [0.2, 0.25) is 6.79 Å². The van der Waals surface area contributed by atoms with Crippen molar-refractivity contribution in [1.82, 2.24) is 5.06 Å². The summed E-state index contributed by atoms with van der Waals surface area (Å²) in [5, 5.41) is 9.49. The van der Waals surface area contributed by atoms with Crippen molar-refractivity contribution in [2.24, 2.45) is 4.99 Å². The summed E-state index contributed by atoms with van der Waals surface area (Å²) in [7, 11) is 0. The molecule has 0 fully saturated rings. The first-order valence-electron chi connectivity index (χ1n) is 9.28. The zero-order chi connectivity index (χ0) is 20.7. The van der Waals surface area contributed by atoms with Crippen LogP contribution in [0.3, 0.4) is 0 Å². The molecule has 150 valence electrons. The molecular weight excluding hydrogens is 386 g/mol. The molecule has 3 aliphatic heterocycles. The quantitative estimate of drug-likeness (QED) is 0.786. The fraction of sp³-hybridized carbons (Fsp3) is 0.136. The highest BCUT2D eigenvalue weighted by Crippen LogP contribution is 2.33. The molecule has 30 heavy (non-hydrogen) atoms. The van der Waals surface area contributed by atoms with Crippen LogP contribution in [0.5, 0.6) is 17.2 Å². The van der Waals surface area contributed by atoms with Crippen LogP contribution in [0.1, 0.15) is 18.1 Å². The number of nitrogens with zero attached hydrogens (tertiary/aromatic N) is 2. The molecule has 5 rings (SSSR count). The third-order valence-corrected chi connectivity index (χ3v) is 4.71. The van der Waals surface area contributed by atoms with E-state index < -0.39 is 5.91 Å². The molecule has 0 unspecified atom stereocenters. The molecule has 8 nitrogen and oxygen atoms in total. The molecule has 0 saturated carbocycles. The Balaban J connectivity index is 1.27. The zero-order valence-corrected chi connectivity index (χ0v) is 16.0. The second-order valence-electron chi connectivity index (χ2n) is 6.87. The normalized spacial score (nSPS) is 18.2. The first kappa shape index (κ1) is 18.0. The number of nitrogens with one attached hydrogen (secondary N) is 1. The number of benzene rings is 2. The van der Waals surface area contributed by atoms with Gasteiger partial charge in [-0.1, -0.05) is 18.2 Å². The number of hydrogen-bond acceptors (Lipinski definition) is 6. The number of amides is 1. The third-order valence-electron chi connectivity index (χ3n) is 4.71. The molecule has 0 aromatic heterocycles. The summed E-state index contributed by atoms with van der Waals surface area (Å²) in [6, 6.07) is 12.9. The summed E-state index contributed by atoms with van der Waals surface area (Å²) in [6.45, 7) is 2.36. The fourth-order valence-corrected chi connectivity index (χ4v) is 3.22. The molecule has 0 atom stereocenters. The van der Waals surface area contributed by atoms with Crippen molar-refractivity contribution >= 4 is 23.7 Å². The molecule has 0 radical (unpaired) electrons. The number of fused-ring (bicyclic) bond motifs is 2. The van der Waals surface area contributed by atoms with Crippen LogP contribution in [-0.2, 0) is 16.2 Å². The lowest BCUT2D eigenvalue weighted by molar-refractivity contribution is -0.114. The smallest absolute Gasteiger partial charge is 0.282 e. The van der Waals surface area contributed by atoms with E-state index in [1.54, 1.807) is 19.1 Å². The lowest BCUT2D eigenvalue weighted by Crippen LogP contribution is -2.38. The van der Waals surface area contributed by atoms with Crippen LogP contribution in [-0.4, -0.2) is 29.4 Å². The molecule has 3 heterocycles. The Bertz CT molecular complexity index is 1150. The molecule has 8 heteroatoms. The van der Waals surface area contributed by atoms with E-state index in [0.29, 0.717) is 24.0 Å². The number of amidine groups is 2. The number of aliphatic imine (C=N–C) groups is 1. The van der Waals surface area contributed by atoms with E-state index in [-0.39, 0.29) is 18.2 Å². The van der Waals surface area contributed by atoms with Crippen LogP contribution < -0.4 is 14.2 Å². The summed E-state index contributed by atoms with van der Waals surface area (Å²) in [4.78, 5) is 21.7. The number of carbonyl (C=O) groups excluding carboxylic acids is 1. The van der Waals surface area contributed by atoms with Crippen LogP contribution in [0.4, 0.5) is 0 Å². The minimum absolute atomic E-state index is 0.0405. The van der Waals surface area contributed by atoms with Crippen LogP contribution in [0, 0.1) is 5.41 Å². The predicted octanol–water partition coefficient (Wildman–Crippen LogP) is 3.44. The number of carbonyl (C=O) groups is 1. The van der Waals surface area contributed by atoms with E-state index in [4.69, 9.17) is 24.5 Å². The standard InChI is InChI=1S/C22H17N3O5/c1-13-8-20-24-22(26)17(21(23)25(20)30-13)9-14-2-5-16(6-3-14)27-11-15-4-7-18-19(10-15)29-12-28-18/h2-10,23H,11-12H2,1H3/b17-9+,23-21?. The van der Waals surface area contributed by atoms with Gasteiger partial charge in [0.1, 0.15) is 18.1 Å². The van der Waals surface area contributed by atoms with Crippen molar-refractivity contribution in [3.8, 4) is 17.2 Å². The summed E-state index contributed by atoms with van der Waals surface area (Å²) in [5.74, 6) is 2.54. The van der Waals surface area contributed by atoms with Crippen LogP contribution in [0.25, 0.3) is 6.08 Å². The maximum Gasteiger partial charge on any atom is 0.282 e. The Kier molecular flexibility index (Phi) is 4.24. The van der Waals surface area contributed by atoms with E-state index in [2.05, 4.69) is 4.99 Å². The van der Waals surface area contributed by atoms with Gasteiger partial charge in [0.05, 0.1) is 5.57 Å². The third kappa shape index (κ3) is 3.28. The first-order valence-corrected chi connectivity index (χ1v) is 9.28. The minimum Gasteiger partial charge on any atom is -0.489 e. The van der Waals surface area contributed by atoms with Gasteiger partial charge in [-0.3, -0.25) is 10.2 Å². The van der Waals surface area contributed by atoms with Crippen molar-refractivity contribution in [3.63, 3.8) is 0 Å². The van der Waals surface area contributed by atoms with Gasteiger partial charge in [-0.25, -0.2) is 0 Å². The van der Waals surface area contributed by atoms with E-state index >= 15 is 0 Å². The van der Waals surface area contributed by atoms with Gasteiger partial charge in [0.25, 0.3) is 5.91 Å². The van der Waals surface area contributed by atoms with E-state index in [1.165, 1.54) is 5.06 Å². The number of hydroxylamine groups is 2. The fourth-order valence-electron chi connectivity index (χ4n) is 3.22. The average molecular weight is 403 g/mol. The van der Waals surface area contributed by atoms with Gasteiger partial charge in [-0.2, -0.15) is 4.99 Å². The molecular formula is C22H17N3O5. The Hall–Kier alpha value is -4.07. The second-order valence-corrected chi connectivity index (χ2v) is 6.87. The number of allylic oxidation sites excluding steroid dienone is 1. The molecule has 2 aromatic carbocycles. The Morgan fingerprint density at radius 2 is 1.97 bits per heavy atom. The molecule has 0 saturated heterocycles. The number of hydrogen-bond donors (Lipinski definition) is 1. The Morgan fingerprint density at radius 3 is 2.80 bits per heavy atom. The van der Waals surface area contributed by atoms with Crippen molar-refractivity contribution in [1.29, 1.82) is 5.41 Å². The minimum atomic E-state index is -0.469. The predicted molar refractivity (Wildman–Crippen MR) is 108 cm³/mol. The largest absolute Gasteiger partial charge is 0.489 e. The molecule has 2 aromatic rings. The maximum absolute atomic E-state index is 12.3. The average Bonchev–Trinajstić information content (AvgIpc) is 3.36. The van der Waals surface area contributed by atoms with Crippen LogP contribution in [0.15, 0.2) is 64.9 Å². The second kappa shape index (κ2) is 7.07. The molecule has 0 bridgehead atoms. The zero-order valence-electron chi connectivity index (χ0n) is 16.0. The molecule has 1 N–H and O–H groups in total. The topological polar surface area (TPSA) is 93.4 Å². The lowest BCUT2D eigenvalue weighted by atomic mass is 10.1. The van der Waals surface area contributed by atoms with E-state index in [1.807, 2.05) is 42.5 Å². The van der Waals surface area contributed by atoms with Crippen molar-refractivity contribution in [3.05, 3.63) is 71.0 Å². The van der Waals surface area contributed by atoms with E-state index in [0.717, 1.165) is 22.6 Å². The summed E-state index contributed by atoms with van der Waals surface area (Å²) >= 11 is 0. The highest BCUT2D eigenvalue weighted by atomic mass is 16.7. The first-order chi connectivity index (χ1) is 14.6. The van der Waals surface area contributed by atoms with Gasteiger partial charge in [-0.05, 0) is 48.4 Å². The van der Waals surface area contributed by atoms with Gasteiger partial charge < -0.3 is 19.0 Å². The SMILES string of the molecule is CC1=CC2=NC(=O)/C(=C/c3ccc(OCc4ccc5c(c4)OCO5)cc3)C(=N)N2O1. The van der Waals surface area contributed by atoms with Crippen LogP contribution in [0.2, 0.25) is 0 Å². The van der Waals surface area contributed by atoms with Crippen molar-refractivity contribution in [2.45, 2.75) is 13.5 Å². The molecule has 3 aliphatic rings.